The molecule has 5 heteroatoms. The minimum Gasteiger partial charge on any atom is -0.454 e. The molecule has 0 N–H and O–H groups in total. The van der Waals surface area contributed by atoms with Crippen molar-refractivity contribution in [3.8, 4) is 22.6 Å². The van der Waals surface area contributed by atoms with Gasteiger partial charge in [0.15, 0.2) is 11.5 Å². The molecule has 4 nitrogen and oxygen atoms in total. The molecule has 0 unspecified atom stereocenters. The van der Waals surface area contributed by atoms with Crippen LogP contribution in [0.2, 0.25) is 5.02 Å². The second-order valence-corrected chi connectivity index (χ2v) is 5.13. The zero-order valence-corrected chi connectivity index (χ0v) is 11.5. The summed E-state index contributed by atoms with van der Waals surface area (Å²) in [4.78, 5) is 12.1. The molecule has 0 spiro atoms. The van der Waals surface area contributed by atoms with E-state index in [0.717, 1.165) is 10.9 Å². The Morgan fingerprint density at radius 3 is 2.71 bits per heavy atom. The first-order chi connectivity index (χ1) is 10.2. The van der Waals surface area contributed by atoms with E-state index in [9.17, 15) is 4.79 Å². The van der Waals surface area contributed by atoms with E-state index in [4.69, 9.17) is 25.5 Å². The van der Waals surface area contributed by atoms with Crippen LogP contribution >= 0.6 is 11.6 Å². The summed E-state index contributed by atoms with van der Waals surface area (Å²) in [6, 6.07) is 12.2. The van der Waals surface area contributed by atoms with Crippen molar-refractivity contribution < 1.29 is 13.9 Å². The third kappa shape index (κ3) is 2.04. The van der Waals surface area contributed by atoms with Gasteiger partial charge in [0, 0.05) is 10.4 Å². The summed E-state index contributed by atoms with van der Waals surface area (Å²) >= 11 is 5.98. The maximum atomic E-state index is 12.1. The molecule has 4 rings (SSSR count). The number of benzene rings is 2. The van der Waals surface area contributed by atoms with Gasteiger partial charge in [0.1, 0.15) is 5.58 Å². The Balaban J connectivity index is 1.93. The van der Waals surface area contributed by atoms with E-state index in [1.54, 1.807) is 42.5 Å². The van der Waals surface area contributed by atoms with Crippen molar-refractivity contribution in [2.24, 2.45) is 0 Å². The smallest absolute Gasteiger partial charge is 0.344 e. The van der Waals surface area contributed by atoms with Gasteiger partial charge in [-0.05, 0) is 42.0 Å². The minimum atomic E-state index is -0.399. The van der Waals surface area contributed by atoms with Gasteiger partial charge in [-0.15, -0.1) is 0 Å². The fraction of sp³-hybridized carbons (Fsp3) is 0.0625. The Bertz CT molecular complexity index is 914. The van der Waals surface area contributed by atoms with Crippen molar-refractivity contribution >= 4 is 22.6 Å². The Labute approximate surface area is 124 Å². The van der Waals surface area contributed by atoms with Crippen LogP contribution in [0.3, 0.4) is 0 Å². The SMILES string of the molecule is O=c1oc2ccc(Cl)cc2cc1-c1ccc2c(c1)OCO2. The van der Waals surface area contributed by atoms with Gasteiger partial charge in [0.05, 0.1) is 5.56 Å². The van der Waals surface area contributed by atoms with Crippen LogP contribution in [0.15, 0.2) is 51.7 Å². The molecule has 0 bridgehead atoms. The van der Waals surface area contributed by atoms with Crippen LogP contribution in [-0.2, 0) is 0 Å². The molecule has 1 aromatic heterocycles. The zero-order chi connectivity index (χ0) is 14.4. The van der Waals surface area contributed by atoms with E-state index in [0.29, 0.717) is 27.7 Å². The van der Waals surface area contributed by atoms with Gasteiger partial charge in [0.25, 0.3) is 0 Å². The molecule has 3 aromatic rings. The highest BCUT2D eigenvalue weighted by molar-refractivity contribution is 6.31. The minimum absolute atomic E-state index is 0.195. The summed E-state index contributed by atoms with van der Waals surface area (Å²) in [5.41, 5.74) is 1.29. The van der Waals surface area contributed by atoms with Crippen LogP contribution in [-0.4, -0.2) is 6.79 Å². The number of fused-ring (bicyclic) bond motifs is 2. The number of hydrogen-bond acceptors (Lipinski definition) is 4. The summed E-state index contributed by atoms with van der Waals surface area (Å²) in [5.74, 6) is 1.30. The number of rotatable bonds is 1. The Morgan fingerprint density at radius 2 is 1.81 bits per heavy atom. The average molecular weight is 301 g/mol. The van der Waals surface area contributed by atoms with Crippen LogP contribution in [0.25, 0.3) is 22.1 Å². The molecular weight excluding hydrogens is 292 g/mol. The molecule has 1 aliphatic rings. The Hall–Kier alpha value is -2.46. The molecule has 0 atom stereocenters. The van der Waals surface area contributed by atoms with Crippen molar-refractivity contribution in [1.82, 2.24) is 0 Å². The summed E-state index contributed by atoms with van der Waals surface area (Å²) in [6.45, 7) is 0.195. The first-order valence-electron chi connectivity index (χ1n) is 6.34. The first-order valence-corrected chi connectivity index (χ1v) is 6.72. The van der Waals surface area contributed by atoms with Crippen molar-refractivity contribution in [1.29, 1.82) is 0 Å². The predicted molar refractivity (Wildman–Crippen MR) is 79.1 cm³/mol. The Kier molecular flexibility index (Phi) is 2.65. The molecule has 1 aliphatic heterocycles. The lowest BCUT2D eigenvalue weighted by molar-refractivity contribution is 0.174. The van der Waals surface area contributed by atoms with Gasteiger partial charge in [-0.1, -0.05) is 17.7 Å². The lowest BCUT2D eigenvalue weighted by atomic mass is 10.1. The van der Waals surface area contributed by atoms with E-state index < -0.39 is 5.63 Å². The monoisotopic (exact) mass is 300 g/mol. The highest BCUT2D eigenvalue weighted by Crippen LogP contribution is 2.35. The number of ether oxygens (including phenoxy) is 2. The van der Waals surface area contributed by atoms with Crippen LogP contribution in [0.5, 0.6) is 11.5 Å². The lowest BCUT2D eigenvalue weighted by Crippen LogP contribution is -2.02. The molecule has 0 radical (unpaired) electrons. The zero-order valence-electron chi connectivity index (χ0n) is 10.8. The molecule has 0 aliphatic carbocycles. The molecule has 2 heterocycles. The standard InChI is InChI=1S/C16H9ClO4/c17-11-2-4-13-10(5-11)6-12(16(18)21-13)9-1-3-14-15(7-9)20-8-19-14/h1-7H,8H2. The van der Waals surface area contributed by atoms with Gasteiger partial charge in [-0.25, -0.2) is 4.79 Å². The quantitative estimate of drug-likeness (QED) is 0.641. The summed E-state index contributed by atoms with van der Waals surface area (Å²) in [7, 11) is 0. The third-order valence-corrected chi connectivity index (χ3v) is 3.61. The normalized spacial score (nSPS) is 12.8. The number of hydrogen-bond donors (Lipinski definition) is 0. The molecule has 104 valence electrons. The Morgan fingerprint density at radius 1 is 0.952 bits per heavy atom. The van der Waals surface area contributed by atoms with E-state index in [1.165, 1.54) is 0 Å². The maximum Gasteiger partial charge on any atom is 0.344 e. The van der Waals surface area contributed by atoms with Gasteiger partial charge in [0.2, 0.25) is 6.79 Å². The molecule has 0 amide bonds. The summed E-state index contributed by atoms with van der Waals surface area (Å²) in [5, 5.41) is 1.36. The topological polar surface area (TPSA) is 48.7 Å². The molecule has 21 heavy (non-hydrogen) atoms. The van der Waals surface area contributed by atoms with Crippen LogP contribution in [0.1, 0.15) is 0 Å². The van der Waals surface area contributed by atoms with Crippen LogP contribution in [0, 0.1) is 0 Å². The van der Waals surface area contributed by atoms with Crippen molar-refractivity contribution in [2.75, 3.05) is 6.79 Å². The van der Waals surface area contributed by atoms with E-state index in [2.05, 4.69) is 0 Å². The average Bonchev–Trinajstić information content (AvgIpc) is 2.94. The molecule has 2 aromatic carbocycles. The van der Waals surface area contributed by atoms with Crippen molar-refractivity contribution in [3.63, 3.8) is 0 Å². The van der Waals surface area contributed by atoms with E-state index in [-0.39, 0.29) is 6.79 Å². The van der Waals surface area contributed by atoms with Gasteiger partial charge in [-0.2, -0.15) is 0 Å². The van der Waals surface area contributed by atoms with Gasteiger partial charge >= 0.3 is 5.63 Å². The fourth-order valence-electron chi connectivity index (χ4n) is 2.36. The van der Waals surface area contributed by atoms with Gasteiger partial charge in [-0.3, -0.25) is 0 Å². The van der Waals surface area contributed by atoms with Crippen LogP contribution in [0.4, 0.5) is 0 Å². The fourth-order valence-corrected chi connectivity index (χ4v) is 2.54. The predicted octanol–water partition coefficient (Wildman–Crippen LogP) is 3.84. The second-order valence-electron chi connectivity index (χ2n) is 4.70. The lowest BCUT2D eigenvalue weighted by Gasteiger charge is -2.04. The molecular formula is C16H9ClO4. The second kappa shape index (κ2) is 4.53. The van der Waals surface area contributed by atoms with E-state index in [1.807, 2.05) is 0 Å². The van der Waals surface area contributed by atoms with E-state index >= 15 is 0 Å². The molecule has 0 fully saturated rings. The van der Waals surface area contributed by atoms with Crippen molar-refractivity contribution in [2.45, 2.75) is 0 Å². The maximum absolute atomic E-state index is 12.1. The van der Waals surface area contributed by atoms with Crippen molar-refractivity contribution in [3.05, 3.63) is 57.9 Å². The highest BCUT2D eigenvalue weighted by atomic mass is 35.5. The highest BCUT2D eigenvalue weighted by Gasteiger charge is 2.16. The molecule has 0 saturated heterocycles. The van der Waals surface area contributed by atoms with Crippen LogP contribution < -0.4 is 15.1 Å². The largest absolute Gasteiger partial charge is 0.454 e. The summed E-state index contributed by atoms with van der Waals surface area (Å²) < 4.78 is 15.9. The summed E-state index contributed by atoms with van der Waals surface area (Å²) in [6.07, 6.45) is 0. The van der Waals surface area contributed by atoms with Gasteiger partial charge < -0.3 is 13.9 Å². The molecule has 0 saturated carbocycles. The third-order valence-electron chi connectivity index (χ3n) is 3.38. The number of halogens is 1. The first kappa shape index (κ1) is 12.3.